The zero-order valence-corrected chi connectivity index (χ0v) is 37.1. The summed E-state index contributed by atoms with van der Waals surface area (Å²) < 4.78 is 0. The van der Waals surface area contributed by atoms with Gasteiger partial charge in [0.2, 0.25) is 0 Å². The number of carbonyl (C=O) groups excluding carboxylic acids is 1. The van der Waals surface area contributed by atoms with Crippen LogP contribution in [-0.4, -0.2) is 25.7 Å². The number of carbonyl (C=O) groups is 1. The molecule has 3 aromatic heterocycles. The minimum absolute atomic E-state index is 0.00838. The Balaban J connectivity index is 1.37. The van der Waals surface area contributed by atoms with E-state index in [1.165, 1.54) is 16.7 Å². The molecule has 0 amide bonds. The summed E-state index contributed by atoms with van der Waals surface area (Å²) in [6.45, 7) is 20.2. The second kappa shape index (κ2) is 14.1. The smallest absolute Gasteiger partial charge is 0.195 e. The van der Waals surface area contributed by atoms with Crippen LogP contribution in [0.2, 0.25) is 0 Å². The Morgan fingerprint density at radius 2 is 0.758 bits per heavy atom. The molecule has 0 radical (unpaired) electrons. The summed E-state index contributed by atoms with van der Waals surface area (Å²) in [6, 6.07) is 40.9. The molecule has 1 aliphatic carbocycles. The molecule has 0 unspecified atom stereocenters. The van der Waals surface area contributed by atoms with E-state index in [-0.39, 0.29) is 22.0 Å². The number of H-pyrrole nitrogens is 2. The Labute approximate surface area is 364 Å². The summed E-state index contributed by atoms with van der Waals surface area (Å²) in [7, 11) is 0. The average molecular weight is 809 g/mol. The zero-order valence-electron chi connectivity index (χ0n) is 37.1. The van der Waals surface area contributed by atoms with E-state index in [0.29, 0.717) is 11.1 Å². The van der Waals surface area contributed by atoms with Crippen LogP contribution in [0.4, 0.5) is 0 Å². The quantitative estimate of drug-likeness (QED) is 0.187. The predicted octanol–water partition coefficient (Wildman–Crippen LogP) is 14.8. The van der Waals surface area contributed by atoms with Gasteiger partial charge in [0.1, 0.15) is 0 Å². The van der Waals surface area contributed by atoms with Gasteiger partial charge in [0.25, 0.3) is 0 Å². The molecular formula is C57H52N4O. The highest BCUT2D eigenvalue weighted by Crippen LogP contribution is 2.43. The Hall–Kier alpha value is -6.85. The van der Waals surface area contributed by atoms with E-state index in [2.05, 4.69) is 182 Å². The lowest BCUT2D eigenvalue weighted by Crippen LogP contribution is -2.10. The lowest BCUT2D eigenvalue weighted by Gasteiger charge is -2.19. The first kappa shape index (κ1) is 39.3. The highest BCUT2D eigenvalue weighted by atomic mass is 16.1. The molecule has 0 fully saturated rings. The van der Waals surface area contributed by atoms with E-state index < -0.39 is 0 Å². The maximum absolute atomic E-state index is 14.5. The summed E-state index contributed by atoms with van der Waals surface area (Å²) in [5.41, 5.74) is 19.7. The Kier molecular flexibility index (Phi) is 8.94. The minimum atomic E-state index is -0.0111. The largest absolute Gasteiger partial charge is 0.354 e. The molecule has 0 saturated carbocycles. The molecule has 0 saturated heterocycles. The highest BCUT2D eigenvalue weighted by molar-refractivity contribution is 6.24. The summed E-state index contributed by atoms with van der Waals surface area (Å²) in [6.07, 6.45) is 8.47. The van der Waals surface area contributed by atoms with Gasteiger partial charge in [0, 0.05) is 49.9 Å². The molecule has 7 aromatic rings. The van der Waals surface area contributed by atoms with Gasteiger partial charge in [-0.3, -0.25) is 4.79 Å². The van der Waals surface area contributed by atoms with Crippen molar-refractivity contribution in [3.63, 3.8) is 0 Å². The molecule has 5 nitrogen and oxygen atoms in total. The molecule has 3 aliphatic rings. The number of hydrogen-bond donors (Lipinski definition) is 2. The van der Waals surface area contributed by atoms with Crippen LogP contribution < -0.4 is 0 Å². The number of aromatic nitrogens is 4. The molecule has 4 aromatic carbocycles. The number of hydrogen-bond acceptors (Lipinski definition) is 3. The first-order chi connectivity index (χ1) is 29.5. The van der Waals surface area contributed by atoms with Crippen molar-refractivity contribution in [1.82, 2.24) is 19.9 Å². The molecule has 5 heteroatoms. The average Bonchev–Trinajstić information content (AvgIpc) is 4.08. The van der Waals surface area contributed by atoms with Crippen molar-refractivity contribution in [2.75, 3.05) is 0 Å². The van der Waals surface area contributed by atoms with Crippen LogP contribution in [0.3, 0.4) is 0 Å². The monoisotopic (exact) mass is 808 g/mol. The van der Waals surface area contributed by atoms with Crippen molar-refractivity contribution in [3.8, 4) is 44.5 Å². The van der Waals surface area contributed by atoms with E-state index in [1.807, 2.05) is 30.3 Å². The maximum Gasteiger partial charge on any atom is 0.195 e. The highest BCUT2D eigenvalue weighted by Gasteiger charge is 2.29. The standard InChI is InChI=1S/C57H52N4O/c1-55(2,3)36-20-14-33(15-21-36)49-42-26-27-43(58-42)50(34-16-22-37(23-17-34)56(4,5)6)45-30-31-47(60-45)52-39-12-10-11-13-40(39)54(62)41-32-48(61-53(41)52)51(46-29-28-44(49)59-46)35-18-24-38(25-19-35)57(7,8)9/h10-32,58,61H,1-9H3. The van der Waals surface area contributed by atoms with Gasteiger partial charge in [-0.15, -0.1) is 0 Å². The van der Waals surface area contributed by atoms with Crippen LogP contribution in [-0.2, 0) is 16.2 Å². The number of ketones is 1. The number of nitrogens with one attached hydrogen (secondary N) is 2. The number of aromatic amines is 2. The van der Waals surface area contributed by atoms with Crippen molar-refractivity contribution in [3.05, 3.63) is 166 Å². The van der Waals surface area contributed by atoms with Crippen molar-refractivity contribution in [1.29, 1.82) is 0 Å². The molecular weight excluding hydrogens is 757 g/mol. The van der Waals surface area contributed by atoms with E-state index in [1.54, 1.807) is 0 Å². The lowest BCUT2D eigenvalue weighted by atomic mass is 9.86. The molecule has 2 aliphatic heterocycles. The van der Waals surface area contributed by atoms with Gasteiger partial charge in [0.05, 0.1) is 28.3 Å². The van der Waals surface area contributed by atoms with Gasteiger partial charge < -0.3 is 9.97 Å². The molecule has 10 rings (SSSR count). The molecule has 8 bridgehead atoms. The van der Waals surface area contributed by atoms with E-state index in [0.717, 1.165) is 89.4 Å². The first-order valence-corrected chi connectivity index (χ1v) is 21.7. The first-order valence-electron chi connectivity index (χ1n) is 21.7. The zero-order chi connectivity index (χ0) is 43.3. The van der Waals surface area contributed by atoms with E-state index in [9.17, 15) is 4.79 Å². The summed E-state index contributed by atoms with van der Waals surface area (Å²) >= 11 is 0. The van der Waals surface area contributed by atoms with Crippen molar-refractivity contribution >= 4 is 52.2 Å². The minimum Gasteiger partial charge on any atom is -0.354 e. The van der Waals surface area contributed by atoms with Crippen LogP contribution in [0.25, 0.3) is 90.9 Å². The summed E-state index contributed by atoms with van der Waals surface area (Å²) in [4.78, 5) is 33.2. The fourth-order valence-electron chi connectivity index (χ4n) is 9.11. The second-order valence-electron chi connectivity index (χ2n) is 20.0. The van der Waals surface area contributed by atoms with Crippen molar-refractivity contribution in [2.24, 2.45) is 0 Å². The van der Waals surface area contributed by atoms with Crippen LogP contribution in [0.5, 0.6) is 0 Å². The third-order valence-corrected chi connectivity index (χ3v) is 12.7. The fraction of sp³-hybridized carbons (Fsp3) is 0.211. The molecule has 62 heavy (non-hydrogen) atoms. The predicted molar refractivity (Wildman–Crippen MR) is 260 cm³/mol. The van der Waals surface area contributed by atoms with Crippen molar-refractivity contribution < 1.29 is 4.79 Å². The molecule has 0 spiro atoms. The van der Waals surface area contributed by atoms with Crippen LogP contribution in [0.1, 0.15) is 118 Å². The van der Waals surface area contributed by atoms with Gasteiger partial charge in [-0.1, -0.05) is 159 Å². The van der Waals surface area contributed by atoms with Gasteiger partial charge in [-0.25, -0.2) is 9.97 Å². The normalized spacial score (nSPS) is 13.5. The third-order valence-electron chi connectivity index (χ3n) is 12.7. The second-order valence-corrected chi connectivity index (χ2v) is 20.0. The van der Waals surface area contributed by atoms with Gasteiger partial charge in [-0.05, 0) is 97.7 Å². The van der Waals surface area contributed by atoms with Crippen LogP contribution in [0, 0.1) is 0 Å². The Morgan fingerprint density at radius 3 is 1.16 bits per heavy atom. The lowest BCUT2D eigenvalue weighted by molar-refractivity contribution is 0.104. The Bertz CT molecular complexity index is 3200. The van der Waals surface area contributed by atoms with Crippen LogP contribution >= 0.6 is 0 Å². The molecule has 0 atom stereocenters. The number of benzene rings is 4. The topological polar surface area (TPSA) is 74.4 Å². The molecule has 2 N–H and O–H groups in total. The fourth-order valence-corrected chi connectivity index (χ4v) is 9.11. The van der Waals surface area contributed by atoms with Gasteiger partial charge >= 0.3 is 0 Å². The molecule has 5 heterocycles. The van der Waals surface area contributed by atoms with E-state index in [4.69, 9.17) is 9.97 Å². The summed E-state index contributed by atoms with van der Waals surface area (Å²) in [5.74, 6) is -0.00996. The van der Waals surface area contributed by atoms with Crippen molar-refractivity contribution in [2.45, 2.75) is 78.6 Å². The maximum atomic E-state index is 14.5. The number of rotatable bonds is 3. The molecule has 306 valence electrons. The number of nitrogens with zero attached hydrogens (tertiary/aromatic N) is 2. The number of fused-ring (bicyclic) bond motifs is 10. The SMILES string of the molecule is CC(C)(C)c1ccc(-c2c3nc(c(-c4ccc(C(C)(C)C)cc4)c4cc5c([nH]4)c(c4nc(c(-c6ccc(C(C)(C)C)cc6)c6ccc2[nH]6)C=C4)-c2ccccc2C5=O)C=C3)cc1. The Morgan fingerprint density at radius 1 is 0.387 bits per heavy atom. The van der Waals surface area contributed by atoms with E-state index >= 15 is 0 Å². The third kappa shape index (κ3) is 6.68. The summed E-state index contributed by atoms with van der Waals surface area (Å²) in [5, 5.41) is 0. The van der Waals surface area contributed by atoms with Crippen LogP contribution in [0.15, 0.2) is 115 Å². The van der Waals surface area contributed by atoms with Gasteiger partial charge in [-0.2, -0.15) is 0 Å². The van der Waals surface area contributed by atoms with Gasteiger partial charge in [0.15, 0.2) is 5.78 Å².